The number of hydrogen-bond donors (Lipinski definition) is 0. The van der Waals surface area contributed by atoms with Crippen molar-refractivity contribution >= 4 is 45.9 Å². The average Bonchev–Trinajstić information content (AvgIpc) is 2.69. The van der Waals surface area contributed by atoms with Gasteiger partial charge in [-0.1, -0.05) is 99.3 Å². The van der Waals surface area contributed by atoms with Crippen LogP contribution in [0.3, 0.4) is 0 Å². The highest BCUT2D eigenvalue weighted by Crippen LogP contribution is 2.30. The van der Waals surface area contributed by atoms with Crippen molar-refractivity contribution in [3.63, 3.8) is 0 Å². The van der Waals surface area contributed by atoms with E-state index in [2.05, 4.69) is 6.26 Å². The Hall–Kier alpha value is -0.520. The molecular weight excluding hydrogens is 404 g/mol. The lowest BCUT2D eigenvalue weighted by Crippen LogP contribution is -2.31. The van der Waals surface area contributed by atoms with Crippen LogP contribution in [0.1, 0.15) is 77.2 Å². The van der Waals surface area contributed by atoms with E-state index in [9.17, 15) is 4.79 Å². The maximum absolute atomic E-state index is 12.4. The van der Waals surface area contributed by atoms with Gasteiger partial charge in [-0.2, -0.15) is 11.8 Å². The molecule has 0 saturated heterocycles. The van der Waals surface area contributed by atoms with E-state index in [4.69, 9.17) is 17.0 Å². The quantitative estimate of drug-likeness (QED) is 0.162. The summed E-state index contributed by atoms with van der Waals surface area (Å²) in [4.78, 5) is 12.4. The van der Waals surface area contributed by atoms with Crippen LogP contribution >= 0.6 is 35.7 Å². The molecule has 1 rings (SSSR count). The van der Waals surface area contributed by atoms with Crippen molar-refractivity contribution in [1.29, 1.82) is 0 Å². The summed E-state index contributed by atoms with van der Waals surface area (Å²) >= 11 is 8.82. The average molecular weight is 441 g/mol. The molecule has 158 valence electrons. The Morgan fingerprint density at radius 2 is 1.46 bits per heavy atom. The first-order valence-corrected chi connectivity index (χ1v) is 13.0. The fourth-order valence-electron chi connectivity index (χ4n) is 2.83. The summed E-state index contributed by atoms with van der Waals surface area (Å²) in [7, 11) is 0. The maximum Gasteiger partial charge on any atom is 0.322 e. The van der Waals surface area contributed by atoms with Crippen molar-refractivity contribution in [2.24, 2.45) is 0 Å². The molecule has 1 aromatic rings. The van der Waals surface area contributed by atoms with Crippen LogP contribution in [0.15, 0.2) is 30.3 Å². The van der Waals surface area contributed by atoms with Crippen molar-refractivity contribution < 1.29 is 9.53 Å². The van der Waals surface area contributed by atoms with E-state index in [1.54, 1.807) is 0 Å². The van der Waals surface area contributed by atoms with Gasteiger partial charge in [-0.05, 0) is 44.3 Å². The van der Waals surface area contributed by atoms with Crippen LogP contribution in [0.5, 0.6) is 0 Å². The molecule has 0 atom stereocenters. The first-order valence-electron chi connectivity index (χ1n) is 10.4. The van der Waals surface area contributed by atoms with Gasteiger partial charge in [0, 0.05) is 0 Å². The molecule has 0 radical (unpaired) electrons. The first kappa shape index (κ1) is 25.5. The Labute approximate surface area is 186 Å². The van der Waals surface area contributed by atoms with Crippen LogP contribution in [0.25, 0.3) is 0 Å². The normalized spacial score (nSPS) is 11.4. The van der Waals surface area contributed by atoms with Gasteiger partial charge in [0.15, 0.2) is 0 Å². The second-order valence-electron chi connectivity index (χ2n) is 7.58. The Kier molecular flexibility index (Phi) is 14.0. The lowest BCUT2D eigenvalue weighted by Gasteiger charge is -2.22. The highest BCUT2D eigenvalue weighted by atomic mass is 32.2. The van der Waals surface area contributed by atoms with Crippen molar-refractivity contribution in [1.82, 2.24) is 0 Å². The van der Waals surface area contributed by atoms with Crippen molar-refractivity contribution in [3.8, 4) is 0 Å². The smallest absolute Gasteiger partial charge is 0.322 e. The van der Waals surface area contributed by atoms with Crippen LogP contribution in [0.2, 0.25) is 0 Å². The molecule has 0 aliphatic carbocycles. The van der Waals surface area contributed by atoms with Crippen LogP contribution < -0.4 is 0 Å². The number of thioether (sulfide) groups is 2. The third-order valence-electron chi connectivity index (χ3n) is 4.57. The van der Waals surface area contributed by atoms with E-state index in [-0.39, 0.29) is 5.97 Å². The topological polar surface area (TPSA) is 26.3 Å². The van der Waals surface area contributed by atoms with Crippen molar-refractivity contribution in [2.45, 2.75) is 76.4 Å². The fourth-order valence-corrected chi connectivity index (χ4v) is 4.94. The van der Waals surface area contributed by atoms with Crippen LogP contribution in [0, 0.1) is 0 Å². The molecule has 0 fully saturated rings. The molecule has 28 heavy (non-hydrogen) atoms. The maximum atomic E-state index is 12.4. The van der Waals surface area contributed by atoms with Gasteiger partial charge in [-0.3, -0.25) is 4.79 Å². The molecule has 0 aromatic heterocycles. The molecule has 2 nitrogen and oxygen atoms in total. The molecule has 5 heteroatoms. The molecule has 0 aliphatic rings. The molecule has 0 N–H and O–H groups in total. The van der Waals surface area contributed by atoms with E-state index in [0.29, 0.717) is 6.61 Å². The molecule has 0 spiro atoms. The summed E-state index contributed by atoms with van der Waals surface area (Å²) in [6, 6.07) is 9.82. The van der Waals surface area contributed by atoms with E-state index in [1.165, 1.54) is 62.5 Å². The van der Waals surface area contributed by atoms with Gasteiger partial charge in [-0.15, -0.1) is 0 Å². The molecule has 0 aliphatic heterocycles. The van der Waals surface area contributed by atoms with E-state index in [1.807, 2.05) is 55.9 Å². The number of carbonyl (C=O) groups excluding carboxylic acids is 1. The van der Waals surface area contributed by atoms with Crippen molar-refractivity contribution in [2.75, 3.05) is 18.6 Å². The standard InChI is InChI=1S/C23H36O2S3/c1-23(2,28-21(26)20-16-12-11-13-17-20)22(24)25-18-14-9-7-5-4-6-8-10-15-19-27-3/h11-13,16-17H,4-10,14-15,18-19H2,1-3H3. The minimum atomic E-state index is -0.663. The predicted octanol–water partition coefficient (Wildman–Crippen LogP) is 7.29. The lowest BCUT2D eigenvalue weighted by molar-refractivity contribution is -0.145. The Bertz CT molecular complexity index is 558. The van der Waals surface area contributed by atoms with E-state index < -0.39 is 4.75 Å². The van der Waals surface area contributed by atoms with Crippen LogP contribution in [-0.2, 0) is 9.53 Å². The van der Waals surface area contributed by atoms with Crippen LogP contribution in [0.4, 0.5) is 0 Å². The zero-order chi connectivity index (χ0) is 20.7. The van der Waals surface area contributed by atoms with E-state index in [0.717, 1.165) is 22.6 Å². The summed E-state index contributed by atoms with van der Waals surface area (Å²) in [6.45, 7) is 4.28. The van der Waals surface area contributed by atoms with Gasteiger partial charge in [0.1, 0.15) is 4.75 Å². The predicted molar refractivity (Wildman–Crippen MR) is 131 cm³/mol. The molecule has 0 amide bonds. The van der Waals surface area contributed by atoms with Gasteiger partial charge in [0.05, 0.1) is 10.8 Å². The Balaban J connectivity index is 2.08. The van der Waals surface area contributed by atoms with Gasteiger partial charge < -0.3 is 4.74 Å². The monoisotopic (exact) mass is 440 g/mol. The molecule has 0 bridgehead atoms. The van der Waals surface area contributed by atoms with Gasteiger partial charge >= 0.3 is 5.97 Å². The number of hydrogen-bond acceptors (Lipinski definition) is 5. The Morgan fingerprint density at radius 1 is 0.929 bits per heavy atom. The molecule has 1 aromatic carbocycles. The highest BCUT2D eigenvalue weighted by Gasteiger charge is 2.32. The Morgan fingerprint density at radius 3 is 2.04 bits per heavy atom. The zero-order valence-electron chi connectivity index (χ0n) is 17.7. The first-order chi connectivity index (χ1) is 13.5. The van der Waals surface area contributed by atoms with Gasteiger partial charge in [-0.25, -0.2) is 0 Å². The van der Waals surface area contributed by atoms with E-state index >= 15 is 0 Å². The van der Waals surface area contributed by atoms with Gasteiger partial charge in [0.2, 0.25) is 0 Å². The molecule has 0 saturated carbocycles. The summed E-state index contributed by atoms with van der Waals surface area (Å²) in [6.07, 6.45) is 13.6. The fraction of sp³-hybridized carbons (Fsp3) is 0.652. The van der Waals surface area contributed by atoms with Crippen LogP contribution in [-0.4, -0.2) is 33.5 Å². The molecule has 0 heterocycles. The largest absolute Gasteiger partial charge is 0.465 e. The minimum Gasteiger partial charge on any atom is -0.465 e. The summed E-state index contributed by atoms with van der Waals surface area (Å²) < 4.78 is 5.57. The summed E-state index contributed by atoms with van der Waals surface area (Å²) in [5.74, 6) is 1.12. The third-order valence-corrected chi connectivity index (χ3v) is 6.86. The number of carbonyl (C=O) groups is 1. The lowest BCUT2D eigenvalue weighted by atomic mass is 10.1. The molecular formula is C23H36O2S3. The number of rotatable bonds is 15. The second kappa shape index (κ2) is 15.3. The number of ether oxygens (including phenoxy) is 1. The summed E-state index contributed by atoms with van der Waals surface area (Å²) in [5.41, 5.74) is 0.979. The SMILES string of the molecule is CSCCCCCCCCCCCOC(=O)C(C)(C)SC(=S)c1ccccc1. The number of thiocarbonyl (C=S) groups is 1. The molecule has 0 unspecified atom stereocenters. The highest BCUT2D eigenvalue weighted by molar-refractivity contribution is 8.25. The minimum absolute atomic E-state index is 0.180. The number of esters is 1. The second-order valence-corrected chi connectivity index (χ2v) is 10.9. The van der Waals surface area contributed by atoms with Gasteiger partial charge in [0.25, 0.3) is 0 Å². The summed E-state index contributed by atoms with van der Waals surface area (Å²) in [5, 5.41) is 0. The third kappa shape index (κ3) is 11.5. The van der Waals surface area contributed by atoms with Crippen molar-refractivity contribution in [3.05, 3.63) is 35.9 Å². The zero-order valence-corrected chi connectivity index (χ0v) is 20.2. The number of benzene rings is 1. The number of unbranched alkanes of at least 4 members (excludes halogenated alkanes) is 8.